The number of benzene rings is 1. The first-order chi connectivity index (χ1) is 12.7. The largest absolute Gasteiger partial charge is 0.325 e. The van der Waals surface area contributed by atoms with Crippen molar-refractivity contribution < 1.29 is 4.79 Å². The summed E-state index contributed by atoms with van der Waals surface area (Å²) in [6.45, 7) is 2.49. The van der Waals surface area contributed by atoms with E-state index in [4.69, 9.17) is 0 Å². The maximum absolute atomic E-state index is 12.6. The number of thioether (sulfide) groups is 1. The molecule has 2 aromatic heterocycles. The smallest absolute Gasteiger partial charge is 0.237 e. The summed E-state index contributed by atoms with van der Waals surface area (Å²) >= 11 is 3.03. The molecule has 0 saturated carbocycles. The zero-order valence-electron chi connectivity index (χ0n) is 14.4. The minimum absolute atomic E-state index is 0.0429. The van der Waals surface area contributed by atoms with E-state index in [1.165, 1.54) is 34.2 Å². The molecule has 4 rings (SSSR count). The zero-order chi connectivity index (χ0) is 17.9. The summed E-state index contributed by atoms with van der Waals surface area (Å²) in [5.74, 6) is -0.0429. The SMILES string of the molecule is C[C@@H](Sc1nnnn1Cc1cccs1)C(=O)Nc1ccc2c(c1)CCC2. The van der Waals surface area contributed by atoms with Gasteiger partial charge in [0.2, 0.25) is 11.1 Å². The third kappa shape index (κ3) is 3.81. The average molecular weight is 386 g/mol. The molecular weight excluding hydrogens is 366 g/mol. The van der Waals surface area contributed by atoms with Crippen LogP contribution in [-0.4, -0.2) is 31.4 Å². The summed E-state index contributed by atoms with van der Waals surface area (Å²) in [6.07, 6.45) is 3.44. The van der Waals surface area contributed by atoms with Gasteiger partial charge in [0.1, 0.15) is 0 Å². The van der Waals surface area contributed by atoms with Crippen molar-refractivity contribution >= 4 is 34.7 Å². The Balaban J connectivity index is 1.39. The maximum Gasteiger partial charge on any atom is 0.237 e. The van der Waals surface area contributed by atoms with Crippen molar-refractivity contribution in [3.63, 3.8) is 0 Å². The third-order valence-electron chi connectivity index (χ3n) is 4.40. The molecule has 1 atom stereocenters. The summed E-state index contributed by atoms with van der Waals surface area (Å²) in [5, 5.41) is 17.2. The third-order valence-corrected chi connectivity index (χ3v) is 6.33. The van der Waals surface area contributed by atoms with E-state index in [0.717, 1.165) is 18.5 Å². The fourth-order valence-corrected chi connectivity index (χ4v) is 4.51. The van der Waals surface area contributed by atoms with Crippen molar-refractivity contribution in [1.29, 1.82) is 0 Å². The number of nitrogens with one attached hydrogen (secondary N) is 1. The van der Waals surface area contributed by atoms with Crippen LogP contribution < -0.4 is 5.32 Å². The van der Waals surface area contributed by atoms with Crippen molar-refractivity contribution in [3.8, 4) is 0 Å². The molecule has 0 radical (unpaired) electrons. The normalized spacial score (nSPS) is 14.2. The molecule has 0 saturated heterocycles. The summed E-state index contributed by atoms with van der Waals surface area (Å²) in [7, 11) is 0. The number of rotatable bonds is 6. The highest BCUT2D eigenvalue weighted by Crippen LogP contribution is 2.26. The standard InChI is InChI=1S/C18H19N5OS2/c1-12(17(24)19-15-8-7-13-4-2-5-14(13)10-15)26-18-20-21-22-23(18)11-16-6-3-9-25-16/h3,6-10,12H,2,4-5,11H2,1H3,(H,19,24)/t12-/m1/s1. The summed E-state index contributed by atoms with van der Waals surface area (Å²) in [6, 6.07) is 10.3. The first-order valence-electron chi connectivity index (χ1n) is 8.57. The molecule has 3 aromatic rings. The van der Waals surface area contributed by atoms with Gasteiger partial charge in [-0.3, -0.25) is 4.79 Å². The summed E-state index contributed by atoms with van der Waals surface area (Å²) < 4.78 is 1.73. The predicted molar refractivity (Wildman–Crippen MR) is 104 cm³/mol. The van der Waals surface area contributed by atoms with Crippen molar-refractivity contribution in [1.82, 2.24) is 20.2 Å². The van der Waals surface area contributed by atoms with E-state index in [9.17, 15) is 4.79 Å². The number of fused-ring (bicyclic) bond motifs is 1. The number of aryl methyl sites for hydroxylation is 2. The predicted octanol–water partition coefficient (Wildman–Crippen LogP) is 3.39. The van der Waals surface area contributed by atoms with Gasteiger partial charge in [-0.2, -0.15) is 0 Å². The highest BCUT2D eigenvalue weighted by Gasteiger charge is 2.20. The van der Waals surface area contributed by atoms with Gasteiger partial charge in [-0.25, -0.2) is 4.68 Å². The lowest BCUT2D eigenvalue weighted by atomic mass is 10.1. The Kier molecular flexibility index (Phi) is 5.03. The summed E-state index contributed by atoms with van der Waals surface area (Å²) in [4.78, 5) is 13.7. The van der Waals surface area contributed by atoms with Gasteiger partial charge >= 0.3 is 0 Å². The van der Waals surface area contributed by atoms with E-state index in [-0.39, 0.29) is 11.2 Å². The Morgan fingerprint density at radius 1 is 1.35 bits per heavy atom. The zero-order valence-corrected chi connectivity index (χ0v) is 16.0. The Morgan fingerprint density at radius 3 is 3.08 bits per heavy atom. The molecule has 1 amide bonds. The molecule has 1 aliphatic rings. The molecule has 0 spiro atoms. The second kappa shape index (κ2) is 7.59. The number of anilines is 1. The quantitative estimate of drug-likeness (QED) is 0.659. The van der Waals surface area contributed by atoms with E-state index in [2.05, 4.69) is 33.0 Å². The van der Waals surface area contributed by atoms with E-state index in [0.29, 0.717) is 11.7 Å². The molecule has 0 fully saturated rings. The number of carbonyl (C=O) groups is 1. The van der Waals surface area contributed by atoms with Gasteiger partial charge in [-0.15, -0.1) is 16.4 Å². The van der Waals surface area contributed by atoms with Crippen LogP contribution in [0.1, 0.15) is 29.3 Å². The topological polar surface area (TPSA) is 72.7 Å². The lowest BCUT2D eigenvalue weighted by Crippen LogP contribution is -2.23. The number of thiophene rings is 1. The fourth-order valence-electron chi connectivity index (χ4n) is 3.04. The van der Waals surface area contributed by atoms with Crippen LogP contribution in [0.3, 0.4) is 0 Å². The summed E-state index contributed by atoms with van der Waals surface area (Å²) in [5.41, 5.74) is 3.61. The van der Waals surface area contributed by atoms with Crippen molar-refractivity contribution in [2.45, 2.75) is 43.1 Å². The second-order valence-corrected chi connectivity index (χ2v) is 8.63. The maximum atomic E-state index is 12.6. The van der Waals surface area contributed by atoms with Gasteiger partial charge in [-0.1, -0.05) is 23.9 Å². The van der Waals surface area contributed by atoms with Crippen molar-refractivity contribution in [3.05, 3.63) is 51.7 Å². The molecule has 1 aliphatic carbocycles. The van der Waals surface area contributed by atoms with Gasteiger partial charge in [0.25, 0.3) is 0 Å². The molecule has 0 unspecified atom stereocenters. The number of nitrogens with zero attached hydrogens (tertiary/aromatic N) is 4. The van der Waals surface area contributed by atoms with E-state index >= 15 is 0 Å². The Bertz CT molecular complexity index is 906. The van der Waals surface area contributed by atoms with Gasteiger partial charge < -0.3 is 5.32 Å². The molecule has 8 heteroatoms. The molecule has 134 valence electrons. The van der Waals surface area contributed by atoms with Crippen LogP contribution in [-0.2, 0) is 24.2 Å². The van der Waals surface area contributed by atoms with Crippen LogP contribution in [0.4, 0.5) is 5.69 Å². The first kappa shape index (κ1) is 17.2. The Hall–Kier alpha value is -2.19. The number of amides is 1. The number of hydrogen-bond acceptors (Lipinski definition) is 6. The number of hydrogen-bond donors (Lipinski definition) is 1. The van der Waals surface area contributed by atoms with E-state index in [1.807, 2.05) is 30.5 Å². The Morgan fingerprint density at radius 2 is 2.23 bits per heavy atom. The van der Waals surface area contributed by atoms with Crippen LogP contribution in [0.2, 0.25) is 0 Å². The van der Waals surface area contributed by atoms with E-state index < -0.39 is 0 Å². The highest BCUT2D eigenvalue weighted by atomic mass is 32.2. The molecule has 26 heavy (non-hydrogen) atoms. The fraction of sp³-hybridized carbons (Fsp3) is 0.333. The van der Waals surface area contributed by atoms with Gasteiger partial charge in [0.05, 0.1) is 11.8 Å². The number of aromatic nitrogens is 4. The van der Waals surface area contributed by atoms with Crippen LogP contribution in [0.15, 0.2) is 40.9 Å². The first-order valence-corrected chi connectivity index (χ1v) is 10.3. The molecule has 2 heterocycles. The molecule has 0 aliphatic heterocycles. The van der Waals surface area contributed by atoms with E-state index in [1.54, 1.807) is 16.0 Å². The number of tetrazole rings is 1. The minimum Gasteiger partial charge on any atom is -0.325 e. The number of carbonyl (C=O) groups excluding carboxylic acids is 1. The molecule has 1 aromatic carbocycles. The van der Waals surface area contributed by atoms with Crippen molar-refractivity contribution in [2.24, 2.45) is 0 Å². The lowest BCUT2D eigenvalue weighted by Gasteiger charge is -2.12. The van der Waals surface area contributed by atoms with Crippen LogP contribution in [0, 0.1) is 0 Å². The van der Waals surface area contributed by atoms with Crippen molar-refractivity contribution in [2.75, 3.05) is 5.32 Å². The van der Waals surface area contributed by atoms with Crippen LogP contribution in [0.5, 0.6) is 0 Å². The highest BCUT2D eigenvalue weighted by molar-refractivity contribution is 8.00. The van der Waals surface area contributed by atoms with Crippen LogP contribution >= 0.6 is 23.1 Å². The Labute approximate surface area is 160 Å². The van der Waals surface area contributed by atoms with Crippen LogP contribution in [0.25, 0.3) is 0 Å². The molecule has 0 bridgehead atoms. The monoisotopic (exact) mass is 385 g/mol. The molecular formula is C18H19N5OS2. The molecule has 6 nitrogen and oxygen atoms in total. The van der Waals surface area contributed by atoms with Gasteiger partial charge in [0, 0.05) is 10.6 Å². The lowest BCUT2D eigenvalue weighted by molar-refractivity contribution is -0.115. The minimum atomic E-state index is -0.295. The average Bonchev–Trinajstić information content (AvgIpc) is 3.37. The molecule has 1 N–H and O–H groups in total. The van der Waals surface area contributed by atoms with Gasteiger partial charge in [0.15, 0.2) is 0 Å². The van der Waals surface area contributed by atoms with Gasteiger partial charge in [-0.05, 0) is 71.3 Å². The second-order valence-electron chi connectivity index (χ2n) is 6.28.